The summed E-state index contributed by atoms with van der Waals surface area (Å²) < 4.78 is 76.5. The summed E-state index contributed by atoms with van der Waals surface area (Å²) in [6.45, 7) is -0.179. The highest BCUT2D eigenvalue weighted by Crippen LogP contribution is 2.32. The van der Waals surface area contributed by atoms with Gasteiger partial charge in [0.15, 0.2) is 6.61 Å². The maximum Gasteiger partial charge on any atom is 0.416 e. The molecule has 0 radical (unpaired) electrons. The first kappa shape index (κ1) is 26.2. The first-order chi connectivity index (χ1) is 16.5. The van der Waals surface area contributed by atoms with Crippen LogP contribution in [0.25, 0.3) is 0 Å². The van der Waals surface area contributed by atoms with Crippen molar-refractivity contribution in [1.29, 1.82) is 0 Å². The maximum atomic E-state index is 12.9. The van der Waals surface area contributed by atoms with Crippen LogP contribution in [-0.4, -0.2) is 28.0 Å². The fraction of sp³-hybridized carbons (Fsp3) is 0.174. The number of carbonyl (C=O) groups excluding carboxylic acids is 1. The summed E-state index contributed by atoms with van der Waals surface area (Å²) in [5, 5.41) is 2.57. The summed E-state index contributed by atoms with van der Waals surface area (Å²) in [7, 11) is -2.72. The Labute approximate surface area is 204 Å². The molecular formula is C23H20ClF3N2O5S. The first-order valence-electron chi connectivity index (χ1n) is 10.0. The van der Waals surface area contributed by atoms with Crippen LogP contribution in [0.5, 0.6) is 11.5 Å². The summed E-state index contributed by atoms with van der Waals surface area (Å²) in [6, 6.07) is 14.4. The zero-order chi connectivity index (χ0) is 25.6. The van der Waals surface area contributed by atoms with Gasteiger partial charge in [0.05, 0.1) is 22.6 Å². The molecule has 0 bridgehead atoms. The standard InChI is InChI=1S/C23H20ClF3N2O5S/c1-33-20-8-3-2-5-15(20)13-28-22(30)14-34-21-10-9-18(12-19(21)24)35(31,32)29-17-7-4-6-16(11-17)23(25,26)27/h2-12,29H,13-14H2,1H3,(H,28,30). The predicted molar refractivity (Wildman–Crippen MR) is 124 cm³/mol. The van der Waals surface area contributed by atoms with Gasteiger partial charge in [0.1, 0.15) is 11.5 Å². The van der Waals surface area contributed by atoms with Crippen LogP contribution in [-0.2, 0) is 27.5 Å². The molecule has 7 nitrogen and oxygen atoms in total. The molecule has 12 heteroatoms. The van der Waals surface area contributed by atoms with E-state index in [1.807, 2.05) is 0 Å². The number of methoxy groups -OCH3 is 1. The number of sulfonamides is 1. The lowest BCUT2D eigenvalue weighted by Gasteiger charge is -2.13. The molecule has 0 aliphatic heterocycles. The second-order valence-electron chi connectivity index (χ2n) is 7.15. The average molecular weight is 529 g/mol. The Balaban J connectivity index is 1.62. The second kappa shape index (κ2) is 10.9. The number of hydrogen-bond acceptors (Lipinski definition) is 5. The van der Waals surface area contributed by atoms with Gasteiger partial charge in [-0.05, 0) is 42.5 Å². The molecule has 0 aromatic heterocycles. The van der Waals surface area contributed by atoms with Crippen LogP contribution in [0.3, 0.4) is 0 Å². The van der Waals surface area contributed by atoms with Gasteiger partial charge in [0, 0.05) is 17.8 Å². The molecule has 3 aromatic rings. The van der Waals surface area contributed by atoms with Gasteiger partial charge < -0.3 is 14.8 Å². The highest BCUT2D eigenvalue weighted by molar-refractivity contribution is 7.92. The number of carbonyl (C=O) groups is 1. The van der Waals surface area contributed by atoms with Crippen LogP contribution in [0.1, 0.15) is 11.1 Å². The summed E-state index contributed by atoms with van der Waals surface area (Å²) in [5.41, 5.74) is -0.490. The Morgan fingerprint density at radius 2 is 1.74 bits per heavy atom. The van der Waals surface area contributed by atoms with Gasteiger partial charge in [0.2, 0.25) is 0 Å². The van der Waals surface area contributed by atoms with Crippen molar-refractivity contribution in [2.45, 2.75) is 17.6 Å². The van der Waals surface area contributed by atoms with Gasteiger partial charge in [-0.1, -0.05) is 35.9 Å². The van der Waals surface area contributed by atoms with Crippen molar-refractivity contribution in [3.63, 3.8) is 0 Å². The van der Waals surface area contributed by atoms with Crippen LogP contribution in [0.15, 0.2) is 71.6 Å². The summed E-state index contributed by atoms with van der Waals surface area (Å²) in [4.78, 5) is 11.8. The third kappa shape index (κ3) is 7.03. The molecule has 2 N–H and O–H groups in total. The Morgan fingerprint density at radius 1 is 1.00 bits per heavy atom. The minimum Gasteiger partial charge on any atom is -0.496 e. The zero-order valence-corrected chi connectivity index (χ0v) is 19.8. The van der Waals surface area contributed by atoms with Crippen molar-refractivity contribution in [2.75, 3.05) is 18.4 Å². The Kier molecular flexibility index (Phi) is 8.13. The van der Waals surface area contributed by atoms with Gasteiger partial charge in [-0.3, -0.25) is 9.52 Å². The Hall–Kier alpha value is -3.44. The smallest absolute Gasteiger partial charge is 0.416 e. The minimum atomic E-state index is -4.62. The molecule has 35 heavy (non-hydrogen) atoms. The number of halogens is 4. The van der Waals surface area contributed by atoms with Crippen molar-refractivity contribution >= 4 is 33.2 Å². The van der Waals surface area contributed by atoms with Crippen LogP contribution in [0.4, 0.5) is 18.9 Å². The molecule has 0 unspecified atom stereocenters. The van der Waals surface area contributed by atoms with Crippen LogP contribution < -0.4 is 19.5 Å². The quantitative estimate of drug-likeness (QED) is 0.413. The van der Waals surface area contributed by atoms with E-state index in [0.717, 1.165) is 29.8 Å². The maximum absolute atomic E-state index is 12.9. The van der Waals surface area contributed by atoms with Crippen molar-refractivity contribution in [1.82, 2.24) is 5.32 Å². The third-order valence-electron chi connectivity index (χ3n) is 4.68. The van der Waals surface area contributed by atoms with Gasteiger partial charge in [0.25, 0.3) is 15.9 Å². The first-order valence-corrected chi connectivity index (χ1v) is 11.9. The van der Waals surface area contributed by atoms with Crippen LogP contribution in [0, 0.1) is 0 Å². The van der Waals surface area contributed by atoms with Gasteiger partial charge in [-0.15, -0.1) is 0 Å². The van der Waals surface area contributed by atoms with E-state index in [1.54, 1.807) is 24.3 Å². The number of anilines is 1. The molecular weight excluding hydrogens is 509 g/mol. The molecule has 0 aliphatic carbocycles. The fourth-order valence-electron chi connectivity index (χ4n) is 2.98. The number of rotatable bonds is 9. The third-order valence-corrected chi connectivity index (χ3v) is 6.36. The van der Waals surface area contributed by atoms with Crippen molar-refractivity contribution in [3.8, 4) is 11.5 Å². The molecule has 1 amide bonds. The van der Waals surface area contributed by atoms with Gasteiger partial charge in [-0.2, -0.15) is 13.2 Å². The van der Waals surface area contributed by atoms with Gasteiger partial charge in [-0.25, -0.2) is 8.42 Å². The van der Waals surface area contributed by atoms with E-state index >= 15 is 0 Å². The van der Waals surface area contributed by atoms with E-state index < -0.39 is 27.7 Å². The number of ether oxygens (including phenoxy) is 2. The SMILES string of the molecule is COc1ccccc1CNC(=O)COc1ccc(S(=O)(=O)Nc2cccc(C(F)(F)F)c2)cc1Cl. The Bertz CT molecular complexity index is 1320. The lowest BCUT2D eigenvalue weighted by molar-refractivity contribution is -0.137. The highest BCUT2D eigenvalue weighted by Gasteiger charge is 2.30. The number of hydrogen-bond donors (Lipinski definition) is 2. The minimum absolute atomic E-state index is 0.0529. The van der Waals surface area contributed by atoms with E-state index in [9.17, 15) is 26.4 Å². The molecule has 0 saturated carbocycles. The topological polar surface area (TPSA) is 93.7 Å². The molecule has 3 aromatic carbocycles. The van der Waals surface area contributed by atoms with E-state index in [-0.39, 0.29) is 34.5 Å². The number of para-hydroxylation sites is 1. The molecule has 0 heterocycles. The summed E-state index contributed by atoms with van der Waals surface area (Å²) in [6.07, 6.45) is -4.62. The largest absolute Gasteiger partial charge is 0.496 e. The molecule has 0 spiro atoms. The summed E-state index contributed by atoms with van der Waals surface area (Å²) >= 11 is 6.11. The van der Waals surface area contributed by atoms with E-state index in [2.05, 4.69) is 10.0 Å². The normalized spacial score (nSPS) is 11.6. The lowest BCUT2D eigenvalue weighted by Crippen LogP contribution is -2.28. The Morgan fingerprint density at radius 3 is 2.43 bits per heavy atom. The van der Waals surface area contributed by atoms with Crippen molar-refractivity contribution in [2.24, 2.45) is 0 Å². The molecule has 0 saturated heterocycles. The highest BCUT2D eigenvalue weighted by atomic mass is 35.5. The lowest BCUT2D eigenvalue weighted by atomic mass is 10.2. The molecule has 0 atom stereocenters. The summed E-state index contributed by atoms with van der Waals surface area (Å²) in [5.74, 6) is 0.222. The zero-order valence-electron chi connectivity index (χ0n) is 18.2. The average Bonchev–Trinajstić information content (AvgIpc) is 2.81. The molecule has 0 aliphatic rings. The predicted octanol–water partition coefficient (Wildman–Crippen LogP) is 4.86. The fourth-order valence-corrected chi connectivity index (χ4v) is 4.35. The number of amides is 1. The van der Waals surface area contributed by atoms with E-state index in [1.165, 1.54) is 19.2 Å². The van der Waals surface area contributed by atoms with Crippen molar-refractivity contribution in [3.05, 3.63) is 82.9 Å². The van der Waals surface area contributed by atoms with E-state index in [4.69, 9.17) is 21.1 Å². The van der Waals surface area contributed by atoms with Crippen LogP contribution in [0.2, 0.25) is 5.02 Å². The van der Waals surface area contributed by atoms with Crippen molar-refractivity contribution < 1.29 is 35.9 Å². The van der Waals surface area contributed by atoms with Gasteiger partial charge >= 0.3 is 6.18 Å². The van der Waals surface area contributed by atoms with Crippen LogP contribution >= 0.6 is 11.6 Å². The molecule has 186 valence electrons. The molecule has 0 fully saturated rings. The number of nitrogens with one attached hydrogen (secondary N) is 2. The number of alkyl halides is 3. The monoisotopic (exact) mass is 528 g/mol. The molecule has 3 rings (SSSR count). The van der Waals surface area contributed by atoms with E-state index in [0.29, 0.717) is 11.8 Å². The number of benzene rings is 3. The second-order valence-corrected chi connectivity index (χ2v) is 9.24.